The average molecular weight is 307 g/mol. The van der Waals surface area contributed by atoms with Crippen molar-refractivity contribution in [2.24, 2.45) is 0 Å². The Morgan fingerprint density at radius 2 is 2.23 bits per heavy atom. The number of aliphatic hydroxyl groups is 1. The van der Waals surface area contributed by atoms with Gasteiger partial charge in [-0.25, -0.2) is 0 Å². The van der Waals surface area contributed by atoms with Crippen LogP contribution in [0.15, 0.2) is 36.9 Å². The average Bonchev–Trinajstić information content (AvgIpc) is 3.03. The van der Waals surface area contributed by atoms with Crippen molar-refractivity contribution in [3.05, 3.63) is 36.9 Å². The number of hydrogen-bond acceptors (Lipinski definition) is 5. The van der Waals surface area contributed by atoms with Crippen molar-refractivity contribution in [1.29, 1.82) is 0 Å². The molecule has 22 heavy (non-hydrogen) atoms. The van der Waals surface area contributed by atoms with Crippen LogP contribution in [0.5, 0.6) is 11.5 Å². The Morgan fingerprint density at radius 1 is 1.45 bits per heavy atom. The van der Waals surface area contributed by atoms with Gasteiger partial charge in [-0.05, 0) is 31.9 Å². The van der Waals surface area contributed by atoms with Crippen LogP contribution >= 0.6 is 0 Å². The highest BCUT2D eigenvalue weighted by atomic mass is 16.6. The summed E-state index contributed by atoms with van der Waals surface area (Å²) in [5.41, 5.74) is 0. The maximum absolute atomic E-state index is 9.81. The molecule has 3 unspecified atom stereocenters. The molecule has 0 radical (unpaired) electrons. The highest BCUT2D eigenvalue weighted by Crippen LogP contribution is 2.28. The second-order valence-electron chi connectivity index (χ2n) is 5.37. The van der Waals surface area contributed by atoms with Crippen molar-refractivity contribution in [3.8, 4) is 11.5 Å². The van der Waals surface area contributed by atoms with Gasteiger partial charge in [-0.15, -0.1) is 6.58 Å². The Hall–Kier alpha value is -1.56. The zero-order chi connectivity index (χ0) is 15.8. The number of nitrogens with one attached hydrogen (secondary N) is 1. The monoisotopic (exact) mass is 307 g/mol. The van der Waals surface area contributed by atoms with E-state index < -0.39 is 12.3 Å². The Labute approximate surface area is 131 Å². The van der Waals surface area contributed by atoms with Crippen molar-refractivity contribution in [3.63, 3.8) is 0 Å². The first-order chi connectivity index (χ1) is 10.7. The minimum Gasteiger partial charge on any atom is -0.487 e. The summed E-state index contributed by atoms with van der Waals surface area (Å²) in [6, 6.07) is 7.46. The van der Waals surface area contributed by atoms with Crippen LogP contribution in [0.25, 0.3) is 0 Å². The van der Waals surface area contributed by atoms with Crippen LogP contribution in [0.1, 0.15) is 19.8 Å². The SMILES string of the molecule is C=CCNC(Oc1ccccc1OCC1CCCO1)C(C)O. The lowest BCUT2D eigenvalue weighted by atomic mass is 10.2. The summed E-state index contributed by atoms with van der Waals surface area (Å²) in [4.78, 5) is 0. The molecule has 0 aromatic heterocycles. The van der Waals surface area contributed by atoms with Crippen molar-refractivity contribution in [2.45, 2.75) is 38.2 Å². The molecule has 0 aliphatic carbocycles. The molecule has 1 heterocycles. The molecule has 3 atom stereocenters. The lowest BCUT2D eigenvalue weighted by molar-refractivity contribution is 0.0250. The van der Waals surface area contributed by atoms with Crippen molar-refractivity contribution in [2.75, 3.05) is 19.8 Å². The van der Waals surface area contributed by atoms with Gasteiger partial charge in [0.2, 0.25) is 0 Å². The van der Waals surface area contributed by atoms with Gasteiger partial charge >= 0.3 is 0 Å². The van der Waals surface area contributed by atoms with E-state index in [1.807, 2.05) is 24.3 Å². The minimum atomic E-state index is -0.661. The molecular formula is C17H25NO4. The number of aliphatic hydroxyl groups excluding tert-OH is 1. The molecule has 0 spiro atoms. The van der Waals surface area contributed by atoms with Crippen LogP contribution in [0, 0.1) is 0 Å². The molecule has 0 amide bonds. The summed E-state index contributed by atoms with van der Waals surface area (Å²) >= 11 is 0. The zero-order valence-electron chi connectivity index (χ0n) is 13.0. The first kappa shape index (κ1) is 16.8. The molecule has 1 fully saturated rings. The van der Waals surface area contributed by atoms with E-state index in [1.165, 1.54) is 0 Å². The fourth-order valence-electron chi connectivity index (χ4n) is 2.27. The predicted octanol–water partition coefficient (Wildman–Crippen LogP) is 2.11. The molecule has 1 aromatic rings. The normalized spacial score (nSPS) is 20.4. The number of benzene rings is 1. The summed E-state index contributed by atoms with van der Waals surface area (Å²) < 4.78 is 17.2. The molecule has 5 nitrogen and oxygen atoms in total. The molecular weight excluding hydrogens is 282 g/mol. The van der Waals surface area contributed by atoms with Crippen LogP contribution in [-0.4, -0.2) is 43.3 Å². The lowest BCUT2D eigenvalue weighted by Crippen LogP contribution is -2.43. The van der Waals surface area contributed by atoms with Gasteiger partial charge in [0.15, 0.2) is 17.7 Å². The van der Waals surface area contributed by atoms with E-state index in [9.17, 15) is 5.11 Å². The Morgan fingerprint density at radius 3 is 2.86 bits per heavy atom. The predicted molar refractivity (Wildman–Crippen MR) is 85.2 cm³/mol. The van der Waals surface area contributed by atoms with Gasteiger partial charge < -0.3 is 19.3 Å². The highest BCUT2D eigenvalue weighted by Gasteiger charge is 2.20. The summed E-state index contributed by atoms with van der Waals surface area (Å²) in [5.74, 6) is 1.26. The van der Waals surface area contributed by atoms with Gasteiger partial charge in [-0.1, -0.05) is 18.2 Å². The largest absolute Gasteiger partial charge is 0.487 e. The summed E-state index contributed by atoms with van der Waals surface area (Å²) in [5, 5.41) is 12.9. The first-order valence-corrected chi connectivity index (χ1v) is 7.73. The second-order valence-corrected chi connectivity index (χ2v) is 5.37. The number of hydrogen-bond donors (Lipinski definition) is 2. The van der Waals surface area contributed by atoms with E-state index in [0.29, 0.717) is 24.7 Å². The maximum atomic E-state index is 9.81. The minimum absolute atomic E-state index is 0.152. The van der Waals surface area contributed by atoms with Gasteiger partial charge in [0.25, 0.3) is 0 Å². The molecule has 0 saturated carbocycles. The maximum Gasteiger partial charge on any atom is 0.176 e. The molecule has 5 heteroatoms. The molecule has 122 valence electrons. The third-order valence-electron chi connectivity index (χ3n) is 3.45. The highest BCUT2D eigenvalue weighted by molar-refractivity contribution is 5.39. The van der Waals surface area contributed by atoms with Gasteiger partial charge in [0.05, 0.1) is 6.10 Å². The van der Waals surface area contributed by atoms with Gasteiger partial charge in [-0.2, -0.15) is 0 Å². The van der Waals surface area contributed by atoms with Gasteiger partial charge in [0.1, 0.15) is 12.7 Å². The van der Waals surface area contributed by atoms with Crippen molar-refractivity contribution < 1.29 is 19.3 Å². The fourth-order valence-corrected chi connectivity index (χ4v) is 2.27. The van der Waals surface area contributed by atoms with Crippen LogP contribution < -0.4 is 14.8 Å². The van der Waals surface area contributed by atoms with E-state index >= 15 is 0 Å². The molecule has 1 aliphatic rings. The third kappa shape index (κ3) is 5.02. The molecule has 1 saturated heterocycles. The number of rotatable bonds is 9. The molecule has 2 N–H and O–H groups in total. The van der Waals surface area contributed by atoms with E-state index in [-0.39, 0.29) is 6.10 Å². The topological polar surface area (TPSA) is 60.0 Å². The molecule has 1 aromatic carbocycles. The van der Waals surface area contributed by atoms with E-state index in [2.05, 4.69) is 11.9 Å². The summed E-state index contributed by atoms with van der Waals surface area (Å²) in [7, 11) is 0. The van der Waals surface area contributed by atoms with Crippen LogP contribution in [0.4, 0.5) is 0 Å². The molecule has 0 bridgehead atoms. The number of para-hydroxylation sites is 2. The summed E-state index contributed by atoms with van der Waals surface area (Å²) in [6.45, 7) is 7.20. The van der Waals surface area contributed by atoms with Gasteiger partial charge in [0, 0.05) is 13.2 Å². The molecule has 2 rings (SSSR count). The second kappa shape index (κ2) is 8.78. The Balaban J connectivity index is 1.97. The third-order valence-corrected chi connectivity index (χ3v) is 3.45. The standard InChI is InChI=1S/C17H25NO4/c1-3-10-18-17(13(2)19)22-16-9-5-4-8-15(16)21-12-14-7-6-11-20-14/h3-5,8-9,13-14,17-19H,1,6-7,10-12H2,2H3. The van der Waals surface area contributed by atoms with Gasteiger partial charge in [-0.3, -0.25) is 5.32 Å². The smallest absolute Gasteiger partial charge is 0.176 e. The van der Waals surface area contributed by atoms with Crippen LogP contribution in [0.3, 0.4) is 0 Å². The van der Waals surface area contributed by atoms with E-state index in [0.717, 1.165) is 19.4 Å². The molecule has 1 aliphatic heterocycles. The van der Waals surface area contributed by atoms with Crippen LogP contribution in [-0.2, 0) is 4.74 Å². The quantitative estimate of drug-likeness (QED) is 0.540. The Bertz CT molecular complexity index is 458. The van der Waals surface area contributed by atoms with Crippen molar-refractivity contribution in [1.82, 2.24) is 5.32 Å². The van der Waals surface area contributed by atoms with E-state index in [4.69, 9.17) is 14.2 Å². The van der Waals surface area contributed by atoms with E-state index in [1.54, 1.807) is 13.0 Å². The zero-order valence-corrected chi connectivity index (χ0v) is 13.0. The van der Waals surface area contributed by atoms with Crippen molar-refractivity contribution >= 4 is 0 Å². The fraction of sp³-hybridized carbons (Fsp3) is 0.529. The van der Waals surface area contributed by atoms with Crippen LogP contribution in [0.2, 0.25) is 0 Å². The Kier molecular flexibility index (Phi) is 6.71. The first-order valence-electron chi connectivity index (χ1n) is 7.73. The lowest BCUT2D eigenvalue weighted by Gasteiger charge is -2.24. The summed E-state index contributed by atoms with van der Waals surface area (Å²) in [6.07, 6.45) is 2.80. The number of ether oxygens (including phenoxy) is 3.